The van der Waals surface area contributed by atoms with Crippen molar-refractivity contribution in [2.24, 2.45) is 4.99 Å². The quantitative estimate of drug-likeness (QED) is 0.550. The van der Waals surface area contributed by atoms with Crippen molar-refractivity contribution in [2.75, 3.05) is 11.5 Å². The lowest BCUT2D eigenvalue weighted by atomic mass is 10.0. The fourth-order valence-electron chi connectivity index (χ4n) is 3.45. The summed E-state index contributed by atoms with van der Waals surface area (Å²) in [7, 11) is 0. The second-order valence-corrected chi connectivity index (χ2v) is 8.63. The zero-order chi connectivity index (χ0) is 22.2. The van der Waals surface area contributed by atoms with E-state index < -0.39 is 17.6 Å². The zero-order valence-electron chi connectivity index (χ0n) is 17.1. The normalized spacial score (nSPS) is 19.3. The number of aryl methyl sites for hydroxylation is 1. The molecular weight excluding hydrogens is 425 g/mol. The first-order valence-corrected chi connectivity index (χ1v) is 10.8. The maximum atomic E-state index is 13.2. The number of nitrogens with zero attached hydrogens (tertiary/aromatic N) is 2. The summed E-state index contributed by atoms with van der Waals surface area (Å²) in [5, 5.41) is 0.367. The van der Waals surface area contributed by atoms with Crippen LogP contribution in [0.4, 0.5) is 18.9 Å². The molecule has 0 spiro atoms. The van der Waals surface area contributed by atoms with Crippen LogP contribution in [0.1, 0.15) is 37.0 Å². The van der Waals surface area contributed by atoms with Crippen molar-refractivity contribution < 1.29 is 22.7 Å². The Kier molecular flexibility index (Phi) is 5.83. The number of fused-ring (bicyclic) bond motifs is 1. The van der Waals surface area contributed by atoms with E-state index in [4.69, 9.17) is 4.74 Å². The Morgan fingerprint density at radius 3 is 2.74 bits per heavy atom. The Morgan fingerprint density at radius 2 is 2.00 bits per heavy atom. The van der Waals surface area contributed by atoms with Gasteiger partial charge in [-0.25, -0.2) is 0 Å². The van der Waals surface area contributed by atoms with Gasteiger partial charge in [-0.05, 0) is 86.0 Å². The summed E-state index contributed by atoms with van der Waals surface area (Å²) < 4.78 is 45.2. The molecule has 2 heterocycles. The Bertz CT molecular complexity index is 1080. The molecule has 2 aliphatic heterocycles. The van der Waals surface area contributed by atoms with E-state index in [0.717, 1.165) is 41.9 Å². The van der Waals surface area contributed by atoms with Gasteiger partial charge in [-0.15, -0.1) is 0 Å². The van der Waals surface area contributed by atoms with Crippen molar-refractivity contribution in [1.82, 2.24) is 0 Å². The van der Waals surface area contributed by atoms with Crippen molar-refractivity contribution in [3.8, 4) is 5.75 Å². The largest absolute Gasteiger partial charge is 0.493 e. The summed E-state index contributed by atoms with van der Waals surface area (Å²) >= 11 is 1.17. The number of amidine groups is 1. The highest BCUT2D eigenvalue weighted by atomic mass is 32.2. The van der Waals surface area contributed by atoms with E-state index in [9.17, 15) is 18.0 Å². The van der Waals surface area contributed by atoms with Gasteiger partial charge in [0.15, 0.2) is 5.17 Å². The highest BCUT2D eigenvalue weighted by molar-refractivity contribution is 8.19. The molecule has 1 amide bonds. The van der Waals surface area contributed by atoms with Crippen LogP contribution in [0.15, 0.2) is 52.4 Å². The molecule has 0 unspecified atom stereocenters. The van der Waals surface area contributed by atoms with Gasteiger partial charge in [0.25, 0.3) is 5.91 Å². The summed E-state index contributed by atoms with van der Waals surface area (Å²) in [5.41, 5.74) is 1.27. The molecule has 0 radical (unpaired) electrons. The minimum absolute atomic E-state index is 0.121. The number of ether oxygens (including phenoxy) is 1. The maximum absolute atomic E-state index is 13.2. The monoisotopic (exact) mass is 446 g/mol. The number of benzene rings is 2. The number of thioether (sulfide) groups is 1. The molecule has 0 N–H and O–H groups in total. The Morgan fingerprint density at radius 1 is 1.19 bits per heavy atom. The summed E-state index contributed by atoms with van der Waals surface area (Å²) in [5.74, 6) is 0.462. The average Bonchev–Trinajstić information content (AvgIpc) is 3.01. The van der Waals surface area contributed by atoms with Crippen LogP contribution in [0.25, 0.3) is 6.08 Å². The predicted molar refractivity (Wildman–Crippen MR) is 117 cm³/mol. The third-order valence-corrected chi connectivity index (χ3v) is 5.82. The topological polar surface area (TPSA) is 41.9 Å². The van der Waals surface area contributed by atoms with E-state index >= 15 is 0 Å². The minimum atomic E-state index is -4.49. The van der Waals surface area contributed by atoms with Crippen LogP contribution in [0.3, 0.4) is 0 Å². The van der Waals surface area contributed by atoms with Gasteiger partial charge in [0.1, 0.15) is 5.75 Å². The fourth-order valence-corrected chi connectivity index (χ4v) is 4.56. The summed E-state index contributed by atoms with van der Waals surface area (Å²) in [6, 6.07) is 10.4. The zero-order valence-corrected chi connectivity index (χ0v) is 17.9. The van der Waals surface area contributed by atoms with Gasteiger partial charge in [-0.1, -0.05) is 12.1 Å². The molecule has 0 aliphatic carbocycles. The number of carbonyl (C=O) groups excluding carboxylic acids is 1. The number of amides is 1. The first kappa shape index (κ1) is 21.5. The summed E-state index contributed by atoms with van der Waals surface area (Å²) in [6.07, 6.45) is -0.893. The number of hydrogen-bond acceptors (Lipinski definition) is 4. The number of carbonyl (C=O) groups is 1. The highest BCUT2D eigenvalue weighted by Crippen LogP contribution is 2.39. The molecule has 0 aromatic heterocycles. The molecule has 1 saturated heterocycles. The predicted octanol–water partition coefficient (Wildman–Crippen LogP) is 5.92. The van der Waals surface area contributed by atoms with E-state index in [-0.39, 0.29) is 11.7 Å². The van der Waals surface area contributed by atoms with Crippen LogP contribution < -0.4 is 9.64 Å². The highest BCUT2D eigenvalue weighted by Gasteiger charge is 2.37. The summed E-state index contributed by atoms with van der Waals surface area (Å²) in [4.78, 5) is 19.4. The molecule has 0 atom stereocenters. The second-order valence-electron chi connectivity index (χ2n) is 7.62. The van der Waals surface area contributed by atoms with Gasteiger partial charge in [0.2, 0.25) is 0 Å². The SMILES string of the molecule is CC(C)/N=C1\S/C(=C\c2ccc3c(c2)CCCO3)C(=O)N1c1cccc(C(F)(F)F)c1. The minimum Gasteiger partial charge on any atom is -0.493 e. The van der Waals surface area contributed by atoms with Crippen molar-refractivity contribution in [3.05, 3.63) is 64.1 Å². The van der Waals surface area contributed by atoms with E-state index in [2.05, 4.69) is 4.99 Å². The fraction of sp³-hybridized carbons (Fsp3) is 0.304. The molecule has 2 aromatic rings. The van der Waals surface area contributed by atoms with Gasteiger partial charge < -0.3 is 4.74 Å². The van der Waals surface area contributed by atoms with Crippen LogP contribution in [-0.2, 0) is 17.4 Å². The smallest absolute Gasteiger partial charge is 0.416 e. The van der Waals surface area contributed by atoms with Gasteiger partial charge >= 0.3 is 6.18 Å². The molecule has 31 heavy (non-hydrogen) atoms. The van der Waals surface area contributed by atoms with E-state index in [1.807, 2.05) is 32.0 Å². The third kappa shape index (κ3) is 4.63. The van der Waals surface area contributed by atoms with E-state index in [1.54, 1.807) is 6.08 Å². The number of rotatable bonds is 3. The van der Waals surface area contributed by atoms with Crippen molar-refractivity contribution in [3.63, 3.8) is 0 Å². The van der Waals surface area contributed by atoms with Gasteiger partial charge in [0.05, 0.1) is 22.8 Å². The van der Waals surface area contributed by atoms with Gasteiger partial charge in [0, 0.05) is 6.04 Å². The molecule has 4 rings (SSSR count). The molecule has 2 aliphatic rings. The average molecular weight is 446 g/mol. The lowest BCUT2D eigenvalue weighted by molar-refractivity contribution is -0.137. The molecule has 2 aromatic carbocycles. The van der Waals surface area contributed by atoms with Gasteiger partial charge in [-0.2, -0.15) is 13.2 Å². The van der Waals surface area contributed by atoms with Crippen LogP contribution in [0, 0.1) is 0 Å². The third-order valence-electron chi connectivity index (χ3n) is 4.84. The molecule has 8 heteroatoms. The molecule has 0 saturated carbocycles. The van der Waals surface area contributed by atoms with Crippen LogP contribution >= 0.6 is 11.8 Å². The molecule has 4 nitrogen and oxygen atoms in total. The van der Waals surface area contributed by atoms with Crippen LogP contribution in [-0.4, -0.2) is 23.7 Å². The first-order valence-electron chi connectivity index (χ1n) is 9.97. The van der Waals surface area contributed by atoms with Gasteiger partial charge in [-0.3, -0.25) is 14.7 Å². The number of anilines is 1. The molecule has 0 bridgehead atoms. The second kappa shape index (κ2) is 8.42. The summed E-state index contributed by atoms with van der Waals surface area (Å²) in [6.45, 7) is 4.41. The van der Waals surface area contributed by atoms with Crippen molar-refractivity contribution >= 4 is 34.6 Å². The number of alkyl halides is 3. The van der Waals surface area contributed by atoms with Crippen LogP contribution in [0.5, 0.6) is 5.75 Å². The molecule has 162 valence electrons. The number of halogens is 3. The number of hydrogen-bond donors (Lipinski definition) is 0. The van der Waals surface area contributed by atoms with Crippen molar-refractivity contribution in [2.45, 2.75) is 38.9 Å². The lowest BCUT2D eigenvalue weighted by Gasteiger charge is -2.18. The standard InChI is InChI=1S/C23H21F3N2O2S/c1-14(2)27-22-28(18-7-3-6-17(13-18)23(24,25)26)21(29)20(31-22)12-15-8-9-19-16(11-15)5-4-10-30-19/h3,6-9,11-14H,4-5,10H2,1-2H3/b20-12-,27-22-. The van der Waals surface area contributed by atoms with Crippen molar-refractivity contribution in [1.29, 1.82) is 0 Å². The first-order chi connectivity index (χ1) is 14.7. The molecule has 1 fully saturated rings. The molecular formula is C23H21F3N2O2S. The Labute approximate surface area is 182 Å². The maximum Gasteiger partial charge on any atom is 0.416 e. The van der Waals surface area contributed by atoms with Crippen LogP contribution in [0.2, 0.25) is 0 Å². The lowest BCUT2D eigenvalue weighted by Crippen LogP contribution is -2.29. The number of aliphatic imine (C=N–C) groups is 1. The Balaban J connectivity index is 1.72. The van der Waals surface area contributed by atoms with E-state index in [1.165, 1.54) is 28.8 Å². The Hall–Kier alpha value is -2.74. The van der Waals surface area contributed by atoms with E-state index in [0.29, 0.717) is 16.7 Å².